The minimum Gasteiger partial charge on any atom is -0.368 e. The van der Waals surface area contributed by atoms with Crippen LogP contribution >= 0.6 is 11.8 Å². The molecule has 1 aromatic carbocycles. The molecular weight excluding hydrogens is 463 g/mol. The first-order valence-corrected chi connectivity index (χ1v) is 12.8. The molecule has 0 radical (unpaired) electrons. The fourth-order valence-electron chi connectivity index (χ4n) is 5.02. The molecule has 4 rings (SSSR count). The SMILES string of the molecule is [C-]#[N+]c1c(N2CCC(N3CC[C@@H](F)C3)CC2)nc(SC(C(N)=O)c2ccccc2)c(C#N)c1CC. The topological polar surface area (TPSA) is 90.6 Å². The number of hydrogen-bond acceptors (Lipinski definition) is 6. The normalized spacial score (nSPS) is 19.8. The lowest BCUT2D eigenvalue weighted by atomic mass is 10.0. The van der Waals surface area contributed by atoms with E-state index in [2.05, 4.69) is 20.7 Å². The van der Waals surface area contributed by atoms with Gasteiger partial charge in [-0.15, -0.1) is 0 Å². The Labute approximate surface area is 209 Å². The molecule has 0 saturated carbocycles. The van der Waals surface area contributed by atoms with Gasteiger partial charge in [-0.05, 0) is 36.8 Å². The molecular formula is C26H29FN6OS. The molecule has 2 atom stereocenters. The minimum absolute atomic E-state index is 0.329. The van der Waals surface area contributed by atoms with Crippen molar-refractivity contribution in [3.05, 3.63) is 58.4 Å². The van der Waals surface area contributed by atoms with Crippen LogP contribution in [0.5, 0.6) is 0 Å². The Kier molecular flexibility index (Phi) is 7.90. The third-order valence-corrected chi connectivity index (χ3v) is 8.09. The van der Waals surface area contributed by atoms with Crippen LogP contribution in [0, 0.1) is 17.9 Å². The Balaban J connectivity index is 1.66. The van der Waals surface area contributed by atoms with Crippen molar-refractivity contribution in [3.63, 3.8) is 0 Å². The predicted molar refractivity (Wildman–Crippen MR) is 135 cm³/mol. The number of piperidine rings is 1. The zero-order valence-electron chi connectivity index (χ0n) is 19.8. The van der Waals surface area contributed by atoms with Crippen molar-refractivity contribution >= 4 is 29.2 Å². The number of carbonyl (C=O) groups excluding carboxylic acids is 1. The van der Waals surface area contributed by atoms with Crippen LogP contribution in [0.2, 0.25) is 0 Å². The molecule has 2 saturated heterocycles. The summed E-state index contributed by atoms with van der Waals surface area (Å²) >= 11 is 1.16. The van der Waals surface area contributed by atoms with Gasteiger partial charge in [-0.3, -0.25) is 9.69 Å². The molecule has 3 heterocycles. The van der Waals surface area contributed by atoms with Gasteiger partial charge < -0.3 is 10.6 Å². The van der Waals surface area contributed by atoms with E-state index in [0.29, 0.717) is 66.2 Å². The quantitative estimate of drug-likeness (QED) is 0.455. The van der Waals surface area contributed by atoms with E-state index in [4.69, 9.17) is 17.3 Å². The van der Waals surface area contributed by atoms with Crippen molar-refractivity contribution in [2.45, 2.75) is 55.1 Å². The molecule has 2 N–H and O–H groups in total. The van der Waals surface area contributed by atoms with Crippen LogP contribution in [0.25, 0.3) is 4.85 Å². The van der Waals surface area contributed by atoms with Gasteiger partial charge in [0, 0.05) is 32.2 Å². The lowest BCUT2D eigenvalue weighted by Crippen LogP contribution is -2.44. The largest absolute Gasteiger partial charge is 0.368 e. The maximum absolute atomic E-state index is 13.7. The van der Waals surface area contributed by atoms with E-state index in [1.165, 1.54) is 0 Å². The number of nitrogens with two attached hydrogens (primary N) is 1. The number of benzene rings is 1. The summed E-state index contributed by atoms with van der Waals surface area (Å²) in [4.78, 5) is 25.3. The maximum Gasteiger partial charge on any atom is 0.235 e. The average molecular weight is 493 g/mol. The summed E-state index contributed by atoms with van der Waals surface area (Å²) in [6.07, 6.45) is 2.09. The second-order valence-corrected chi connectivity index (χ2v) is 10.0. The van der Waals surface area contributed by atoms with Gasteiger partial charge in [-0.2, -0.15) is 5.26 Å². The van der Waals surface area contributed by atoms with Gasteiger partial charge in [0.15, 0.2) is 0 Å². The number of pyridine rings is 1. The summed E-state index contributed by atoms with van der Waals surface area (Å²) in [5.41, 5.74) is 7.85. The number of rotatable bonds is 7. The molecule has 0 aliphatic carbocycles. The lowest BCUT2D eigenvalue weighted by molar-refractivity contribution is -0.117. The van der Waals surface area contributed by atoms with Gasteiger partial charge in [0.05, 0.1) is 12.1 Å². The number of aromatic nitrogens is 1. The summed E-state index contributed by atoms with van der Waals surface area (Å²) < 4.78 is 13.7. The third-order valence-electron chi connectivity index (χ3n) is 6.83. The zero-order chi connectivity index (χ0) is 24.9. The van der Waals surface area contributed by atoms with Gasteiger partial charge in [0.1, 0.15) is 28.3 Å². The number of nitriles is 1. The minimum atomic E-state index is -0.739. The number of alkyl halides is 1. The van der Waals surface area contributed by atoms with Crippen LogP contribution in [0.1, 0.15) is 48.1 Å². The van der Waals surface area contributed by atoms with Gasteiger partial charge in [0.2, 0.25) is 11.6 Å². The highest BCUT2D eigenvalue weighted by molar-refractivity contribution is 8.00. The average Bonchev–Trinajstić information content (AvgIpc) is 3.32. The number of primary amides is 1. The molecule has 1 amide bonds. The number of nitrogens with zero attached hydrogens (tertiary/aromatic N) is 5. The van der Waals surface area contributed by atoms with Crippen molar-refractivity contribution in [3.8, 4) is 6.07 Å². The summed E-state index contributed by atoms with van der Waals surface area (Å²) in [6, 6.07) is 11.8. The Morgan fingerprint density at radius 1 is 1.31 bits per heavy atom. The van der Waals surface area contributed by atoms with E-state index in [0.717, 1.165) is 36.7 Å². The number of carbonyl (C=O) groups is 1. The Morgan fingerprint density at radius 3 is 2.57 bits per heavy atom. The van der Waals surface area contributed by atoms with Crippen LogP contribution in [-0.2, 0) is 11.2 Å². The number of thioether (sulfide) groups is 1. The molecule has 0 spiro atoms. The molecule has 35 heavy (non-hydrogen) atoms. The molecule has 182 valence electrons. The molecule has 1 aromatic heterocycles. The Hall–Kier alpha value is -3.14. The molecule has 7 nitrogen and oxygen atoms in total. The number of halogens is 1. The van der Waals surface area contributed by atoms with Crippen LogP contribution in [0.15, 0.2) is 35.4 Å². The van der Waals surface area contributed by atoms with Crippen molar-refractivity contribution in [2.24, 2.45) is 5.73 Å². The van der Waals surface area contributed by atoms with Crippen molar-refractivity contribution in [1.29, 1.82) is 5.26 Å². The van der Waals surface area contributed by atoms with Crippen molar-refractivity contribution in [1.82, 2.24) is 9.88 Å². The van der Waals surface area contributed by atoms with Gasteiger partial charge in [-0.25, -0.2) is 14.2 Å². The smallest absolute Gasteiger partial charge is 0.235 e. The predicted octanol–water partition coefficient (Wildman–Crippen LogP) is 4.40. The summed E-state index contributed by atoms with van der Waals surface area (Å²) in [5, 5.41) is 9.69. The highest BCUT2D eigenvalue weighted by Gasteiger charge is 2.33. The highest BCUT2D eigenvalue weighted by Crippen LogP contribution is 2.43. The molecule has 9 heteroatoms. The van der Waals surface area contributed by atoms with E-state index in [1.54, 1.807) is 0 Å². The highest BCUT2D eigenvalue weighted by atomic mass is 32.2. The maximum atomic E-state index is 13.7. The number of amides is 1. The van der Waals surface area contributed by atoms with Crippen LogP contribution in [0.4, 0.5) is 15.9 Å². The number of hydrogen-bond donors (Lipinski definition) is 1. The number of likely N-dealkylation sites (tertiary alicyclic amines) is 1. The third kappa shape index (κ3) is 5.27. The van der Waals surface area contributed by atoms with Crippen molar-refractivity contribution < 1.29 is 9.18 Å². The molecule has 2 aliphatic heterocycles. The first-order valence-electron chi connectivity index (χ1n) is 11.9. The van der Waals surface area contributed by atoms with Gasteiger partial charge in [-0.1, -0.05) is 49.0 Å². The standard InChI is InChI=1S/C26H29FN6OS/c1-3-20-21(15-28)26(35-23(24(29)34)17-7-5-4-6-8-17)31-25(22(20)30-2)32-13-10-19(11-14-32)33-12-9-18(27)16-33/h4-8,18-19,23H,3,9-14,16H2,1H3,(H2,29,34)/t18-,23?/m1/s1. The second-order valence-electron chi connectivity index (χ2n) is 8.93. The van der Waals surface area contributed by atoms with Crippen LogP contribution < -0.4 is 10.6 Å². The Bertz CT molecular complexity index is 1150. The lowest BCUT2D eigenvalue weighted by Gasteiger charge is -2.38. The monoisotopic (exact) mass is 492 g/mol. The van der Waals surface area contributed by atoms with E-state index in [9.17, 15) is 14.4 Å². The van der Waals surface area contributed by atoms with E-state index in [-0.39, 0.29) is 0 Å². The van der Waals surface area contributed by atoms with Crippen molar-refractivity contribution in [2.75, 3.05) is 31.1 Å². The van der Waals surface area contributed by atoms with E-state index >= 15 is 0 Å². The second kappa shape index (κ2) is 11.1. The fourth-order valence-corrected chi connectivity index (χ4v) is 6.08. The molecule has 2 aromatic rings. The first-order chi connectivity index (χ1) is 17.0. The molecule has 0 bridgehead atoms. The van der Waals surface area contributed by atoms with E-state index in [1.807, 2.05) is 37.3 Å². The van der Waals surface area contributed by atoms with E-state index < -0.39 is 17.3 Å². The van der Waals surface area contributed by atoms with Crippen LogP contribution in [0.3, 0.4) is 0 Å². The molecule has 2 aliphatic rings. The van der Waals surface area contributed by atoms with Gasteiger partial charge >= 0.3 is 0 Å². The summed E-state index contributed by atoms with van der Waals surface area (Å²) in [6.45, 7) is 12.5. The first kappa shape index (κ1) is 25.0. The fraction of sp³-hybridized carbons (Fsp3) is 0.462. The zero-order valence-corrected chi connectivity index (χ0v) is 20.6. The number of anilines is 1. The molecule has 2 fully saturated rings. The van der Waals surface area contributed by atoms with Gasteiger partial charge in [0.25, 0.3) is 0 Å². The van der Waals surface area contributed by atoms with Crippen LogP contribution in [-0.4, -0.2) is 54.2 Å². The summed E-state index contributed by atoms with van der Waals surface area (Å²) in [5.74, 6) is 0.0382. The summed E-state index contributed by atoms with van der Waals surface area (Å²) in [7, 11) is 0. The Morgan fingerprint density at radius 2 is 2.03 bits per heavy atom. The molecule has 1 unspecified atom stereocenters.